The summed E-state index contributed by atoms with van der Waals surface area (Å²) < 4.78 is 6.90. The van der Waals surface area contributed by atoms with Crippen LogP contribution in [-0.2, 0) is 18.2 Å². The highest BCUT2D eigenvalue weighted by Gasteiger charge is 2.32. The number of aryl methyl sites for hydroxylation is 2. The molecule has 1 aromatic rings. The summed E-state index contributed by atoms with van der Waals surface area (Å²) in [5, 5.41) is 24.6. The summed E-state index contributed by atoms with van der Waals surface area (Å²) in [5.74, 6) is 0.489. The Morgan fingerprint density at radius 1 is 1.63 bits per heavy atom. The van der Waals surface area contributed by atoms with Gasteiger partial charge in [0.1, 0.15) is 5.69 Å². The van der Waals surface area contributed by atoms with E-state index in [1.165, 1.54) is 4.68 Å². The minimum Gasteiger partial charge on any atom is -0.394 e. The Bertz CT molecular complexity index is 474. The number of nitro groups is 1. The first-order valence-corrected chi connectivity index (χ1v) is 6.26. The van der Waals surface area contributed by atoms with E-state index in [-0.39, 0.29) is 23.3 Å². The van der Waals surface area contributed by atoms with Crippen molar-refractivity contribution in [2.24, 2.45) is 7.05 Å². The molecule has 0 radical (unpaired) electrons. The van der Waals surface area contributed by atoms with Crippen molar-refractivity contribution in [3.63, 3.8) is 0 Å². The molecule has 0 bridgehead atoms. The molecule has 0 spiro atoms. The van der Waals surface area contributed by atoms with Crippen LogP contribution in [0.25, 0.3) is 0 Å². The van der Waals surface area contributed by atoms with Gasteiger partial charge in [0.15, 0.2) is 0 Å². The quantitative estimate of drug-likeness (QED) is 0.615. The lowest BCUT2D eigenvalue weighted by molar-refractivity contribution is -0.384. The van der Waals surface area contributed by atoms with E-state index in [1.54, 1.807) is 7.05 Å². The second-order valence-corrected chi connectivity index (χ2v) is 4.47. The van der Waals surface area contributed by atoms with Gasteiger partial charge < -0.3 is 14.7 Å². The SMILES string of the molecule is CCc1nn(C)c(N2CCOC(CO)C2)c1[N+](=O)[O-]. The van der Waals surface area contributed by atoms with Crippen molar-refractivity contribution >= 4 is 11.5 Å². The number of aliphatic hydroxyl groups excluding tert-OH is 1. The molecular formula is C11H18N4O4. The molecule has 1 atom stereocenters. The first-order chi connectivity index (χ1) is 9.08. The zero-order chi connectivity index (χ0) is 14.0. The van der Waals surface area contributed by atoms with Crippen molar-refractivity contribution in [1.29, 1.82) is 0 Å². The van der Waals surface area contributed by atoms with Gasteiger partial charge in [-0.1, -0.05) is 6.92 Å². The van der Waals surface area contributed by atoms with Crippen LogP contribution in [0.2, 0.25) is 0 Å². The fraction of sp³-hybridized carbons (Fsp3) is 0.727. The molecule has 1 aromatic heterocycles. The van der Waals surface area contributed by atoms with Crippen LogP contribution in [0.1, 0.15) is 12.6 Å². The molecule has 2 heterocycles. The third-order valence-electron chi connectivity index (χ3n) is 3.22. The van der Waals surface area contributed by atoms with Crippen molar-refractivity contribution in [1.82, 2.24) is 9.78 Å². The Hall–Kier alpha value is -1.67. The maximum Gasteiger partial charge on any atom is 0.334 e. The molecule has 0 aromatic carbocycles. The van der Waals surface area contributed by atoms with Crippen LogP contribution in [0.5, 0.6) is 0 Å². The number of hydrogen-bond acceptors (Lipinski definition) is 6. The van der Waals surface area contributed by atoms with Gasteiger partial charge in [-0.05, 0) is 6.42 Å². The number of nitrogens with zero attached hydrogens (tertiary/aromatic N) is 4. The first kappa shape index (κ1) is 13.8. The lowest BCUT2D eigenvalue weighted by Crippen LogP contribution is -2.45. The number of aromatic nitrogens is 2. The van der Waals surface area contributed by atoms with E-state index in [4.69, 9.17) is 9.84 Å². The number of ether oxygens (including phenoxy) is 1. The summed E-state index contributed by atoms with van der Waals surface area (Å²) in [4.78, 5) is 12.7. The molecule has 1 aliphatic rings. The fourth-order valence-electron chi connectivity index (χ4n) is 2.36. The van der Waals surface area contributed by atoms with Gasteiger partial charge in [0, 0.05) is 20.1 Å². The summed E-state index contributed by atoms with van der Waals surface area (Å²) in [6, 6.07) is 0. The van der Waals surface area contributed by atoms with E-state index < -0.39 is 0 Å². The van der Waals surface area contributed by atoms with Crippen LogP contribution in [-0.4, -0.2) is 52.2 Å². The molecule has 8 nitrogen and oxygen atoms in total. The average Bonchev–Trinajstić information content (AvgIpc) is 2.75. The predicted octanol–water partition coefficient (Wildman–Crippen LogP) is 0.0882. The predicted molar refractivity (Wildman–Crippen MR) is 68.3 cm³/mol. The number of morpholine rings is 1. The molecule has 8 heteroatoms. The van der Waals surface area contributed by atoms with E-state index >= 15 is 0 Å². The summed E-state index contributed by atoms with van der Waals surface area (Å²) in [7, 11) is 1.70. The monoisotopic (exact) mass is 270 g/mol. The van der Waals surface area contributed by atoms with Crippen molar-refractivity contribution in [2.75, 3.05) is 31.2 Å². The molecule has 1 aliphatic heterocycles. The second-order valence-electron chi connectivity index (χ2n) is 4.47. The molecule has 1 N–H and O–H groups in total. The topological polar surface area (TPSA) is 93.7 Å². The molecule has 1 fully saturated rings. The van der Waals surface area contributed by atoms with Crippen molar-refractivity contribution in [3.05, 3.63) is 15.8 Å². The van der Waals surface area contributed by atoms with E-state index in [2.05, 4.69) is 5.10 Å². The van der Waals surface area contributed by atoms with Gasteiger partial charge in [-0.3, -0.25) is 10.1 Å². The number of hydrogen-bond donors (Lipinski definition) is 1. The standard InChI is InChI=1S/C11H18N4O4/c1-3-9-10(15(17)18)11(13(2)12-9)14-4-5-19-8(6-14)7-16/h8,16H,3-7H2,1-2H3. The number of anilines is 1. The number of aliphatic hydroxyl groups is 1. The van der Waals surface area contributed by atoms with E-state index in [0.29, 0.717) is 37.6 Å². The van der Waals surface area contributed by atoms with Crippen LogP contribution < -0.4 is 4.90 Å². The van der Waals surface area contributed by atoms with E-state index in [9.17, 15) is 10.1 Å². The molecule has 1 saturated heterocycles. The Balaban J connectivity index is 2.38. The largest absolute Gasteiger partial charge is 0.394 e. The van der Waals surface area contributed by atoms with Gasteiger partial charge in [-0.15, -0.1) is 0 Å². The minimum absolute atomic E-state index is 0.0589. The third kappa shape index (κ3) is 2.54. The Morgan fingerprint density at radius 2 is 2.37 bits per heavy atom. The summed E-state index contributed by atoms with van der Waals surface area (Å²) in [5.41, 5.74) is 0.540. The zero-order valence-corrected chi connectivity index (χ0v) is 11.1. The van der Waals surface area contributed by atoms with Gasteiger partial charge in [0.25, 0.3) is 0 Å². The molecular weight excluding hydrogens is 252 g/mol. The highest BCUT2D eigenvalue weighted by Crippen LogP contribution is 2.32. The van der Waals surface area contributed by atoms with Gasteiger partial charge >= 0.3 is 5.69 Å². The van der Waals surface area contributed by atoms with Gasteiger partial charge in [0.05, 0.1) is 24.2 Å². The maximum atomic E-state index is 11.3. The number of rotatable bonds is 4. The first-order valence-electron chi connectivity index (χ1n) is 6.26. The molecule has 0 saturated carbocycles. The molecule has 0 amide bonds. The van der Waals surface area contributed by atoms with Gasteiger partial charge in [-0.25, -0.2) is 4.68 Å². The molecule has 1 unspecified atom stereocenters. The molecule has 106 valence electrons. The Morgan fingerprint density at radius 3 is 2.95 bits per heavy atom. The van der Waals surface area contributed by atoms with Crippen LogP contribution in [0.15, 0.2) is 0 Å². The van der Waals surface area contributed by atoms with E-state index in [0.717, 1.165) is 0 Å². The minimum atomic E-state index is -0.384. The summed E-state index contributed by atoms with van der Waals surface area (Å²) >= 11 is 0. The third-order valence-corrected chi connectivity index (χ3v) is 3.22. The van der Waals surface area contributed by atoms with Crippen molar-refractivity contribution < 1.29 is 14.8 Å². The fourth-order valence-corrected chi connectivity index (χ4v) is 2.36. The highest BCUT2D eigenvalue weighted by molar-refractivity contribution is 5.61. The molecule has 19 heavy (non-hydrogen) atoms. The Labute approximate surface area is 110 Å². The van der Waals surface area contributed by atoms with Crippen LogP contribution in [0.4, 0.5) is 11.5 Å². The van der Waals surface area contributed by atoms with Crippen molar-refractivity contribution in [3.8, 4) is 0 Å². The second kappa shape index (κ2) is 5.54. The van der Waals surface area contributed by atoms with Gasteiger partial charge in [0.2, 0.25) is 5.82 Å². The summed E-state index contributed by atoms with van der Waals surface area (Å²) in [6.07, 6.45) is 0.200. The highest BCUT2D eigenvalue weighted by atomic mass is 16.6. The smallest absolute Gasteiger partial charge is 0.334 e. The molecule has 2 rings (SSSR count). The zero-order valence-electron chi connectivity index (χ0n) is 11.1. The average molecular weight is 270 g/mol. The maximum absolute atomic E-state index is 11.3. The normalized spacial score (nSPS) is 19.7. The van der Waals surface area contributed by atoms with Crippen LogP contribution >= 0.6 is 0 Å². The lowest BCUT2D eigenvalue weighted by atomic mass is 10.2. The van der Waals surface area contributed by atoms with E-state index in [1.807, 2.05) is 11.8 Å². The molecule has 0 aliphatic carbocycles. The van der Waals surface area contributed by atoms with Crippen molar-refractivity contribution in [2.45, 2.75) is 19.4 Å². The summed E-state index contributed by atoms with van der Waals surface area (Å²) in [6.45, 7) is 3.17. The Kier molecular flexibility index (Phi) is 4.01. The van der Waals surface area contributed by atoms with Crippen LogP contribution in [0.3, 0.4) is 0 Å². The lowest BCUT2D eigenvalue weighted by Gasteiger charge is -2.32. The van der Waals surface area contributed by atoms with Gasteiger partial charge in [-0.2, -0.15) is 5.10 Å². The van der Waals surface area contributed by atoms with Crippen LogP contribution in [0, 0.1) is 10.1 Å².